The van der Waals surface area contributed by atoms with Gasteiger partial charge in [-0.3, -0.25) is 0 Å². The molecule has 8 heteroatoms. The van der Waals surface area contributed by atoms with Crippen LogP contribution in [0.1, 0.15) is 353 Å². The van der Waals surface area contributed by atoms with Crippen LogP contribution in [0.3, 0.4) is 0 Å². The summed E-state index contributed by atoms with van der Waals surface area (Å²) in [6.07, 6.45) is 46.1. The van der Waals surface area contributed by atoms with Gasteiger partial charge in [0.25, 0.3) is 0 Å². The lowest BCUT2D eigenvalue weighted by atomic mass is 9.76. The quantitative estimate of drug-likeness (QED) is 0.0324. The number of phenols is 4. The van der Waals surface area contributed by atoms with E-state index < -0.39 is 0 Å². The first-order chi connectivity index (χ1) is 41.1. The van der Waals surface area contributed by atoms with Gasteiger partial charge in [-0.1, -0.05) is 259 Å². The van der Waals surface area contributed by atoms with Gasteiger partial charge in [-0.05, 0) is 49.9 Å². The van der Waals surface area contributed by atoms with Crippen LogP contribution in [0, 0.1) is 0 Å². The summed E-state index contributed by atoms with van der Waals surface area (Å²) >= 11 is 0. The van der Waals surface area contributed by atoms with Crippen molar-refractivity contribution in [2.75, 3.05) is 28.4 Å². The molecule has 8 nitrogen and oxygen atoms in total. The van der Waals surface area contributed by atoms with E-state index in [9.17, 15) is 20.4 Å². The predicted molar refractivity (Wildman–Crippen MR) is 353 cm³/mol. The number of phenolic OH excluding ortho intramolecular Hbond substituents is 4. The third-order valence-corrected chi connectivity index (χ3v) is 18.9. The molecule has 4 aromatic rings. The minimum absolute atomic E-state index is 0.0521. The maximum absolute atomic E-state index is 12.6. The summed E-state index contributed by atoms with van der Waals surface area (Å²) in [5, 5.41) is 50.0. The van der Waals surface area contributed by atoms with E-state index in [-0.39, 0.29) is 46.7 Å². The number of benzene rings is 4. The minimum atomic E-state index is -0.329. The molecule has 0 aromatic heterocycles. The maximum Gasteiger partial charge on any atom is 0.126 e. The Morgan fingerprint density at radius 2 is 0.405 bits per heavy atom. The Balaban J connectivity index is 1.77. The number of fused-ring (bicyclic) bond motifs is 8. The van der Waals surface area contributed by atoms with Crippen LogP contribution in [0.15, 0.2) is 48.5 Å². The number of rotatable bonds is 44. The summed E-state index contributed by atoms with van der Waals surface area (Å²) in [4.78, 5) is 0. The molecule has 0 spiro atoms. The normalized spacial score (nSPS) is 15.8. The molecule has 472 valence electrons. The Hall–Kier alpha value is -4.72. The van der Waals surface area contributed by atoms with E-state index >= 15 is 0 Å². The average molecular weight is 1160 g/mol. The molecule has 8 bridgehead atoms. The van der Waals surface area contributed by atoms with Gasteiger partial charge in [0.05, 0.1) is 28.4 Å². The number of hydrogen-bond donors (Lipinski definition) is 4. The van der Waals surface area contributed by atoms with Crippen molar-refractivity contribution in [1.82, 2.24) is 0 Å². The number of methoxy groups -OCH3 is 4. The van der Waals surface area contributed by atoms with Crippen molar-refractivity contribution in [2.24, 2.45) is 0 Å². The van der Waals surface area contributed by atoms with Crippen molar-refractivity contribution in [3.05, 3.63) is 93.0 Å². The van der Waals surface area contributed by atoms with E-state index in [1.807, 2.05) is 12.1 Å². The Bertz CT molecular complexity index is 2410. The van der Waals surface area contributed by atoms with Gasteiger partial charge in [0, 0.05) is 92.4 Å². The van der Waals surface area contributed by atoms with Crippen LogP contribution in [-0.4, -0.2) is 48.9 Å². The average Bonchev–Trinajstić information content (AvgIpc) is 3.62. The van der Waals surface area contributed by atoms with E-state index in [4.69, 9.17) is 18.9 Å². The second kappa shape index (κ2) is 40.6. The maximum atomic E-state index is 12.6. The fourth-order valence-electron chi connectivity index (χ4n) is 13.9. The largest absolute Gasteiger partial charge is 0.508 e. The molecule has 0 aliphatic heterocycles. The van der Waals surface area contributed by atoms with Crippen molar-refractivity contribution in [2.45, 2.75) is 308 Å². The monoisotopic (exact) mass is 1160 g/mol. The van der Waals surface area contributed by atoms with Gasteiger partial charge in [-0.25, -0.2) is 0 Å². The van der Waals surface area contributed by atoms with Crippen LogP contribution >= 0.6 is 0 Å². The third kappa shape index (κ3) is 21.9. The van der Waals surface area contributed by atoms with Crippen LogP contribution in [0.4, 0.5) is 0 Å². The lowest BCUT2D eigenvalue weighted by Crippen LogP contribution is -2.13. The van der Waals surface area contributed by atoms with E-state index in [0.717, 1.165) is 147 Å². The molecule has 5 rings (SSSR count). The van der Waals surface area contributed by atoms with Crippen LogP contribution in [-0.2, 0) is 0 Å². The summed E-state index contributed by atoms with van der Waals surface area (Å²) in [6, 6.07) is 16.0. The zero-order valence-corrected chi connectivity index (χ0v) is 54.6. The van der Waals surface area contributed by atoms with Gasteiger partial charge in [0.1, 0.15) is 46.0 Å². The second-order valence-corrected chi connectivity index (χ2v) is 25.3. The van der Waals surface area contributed by atoms with Gasteiger partial charge in [-0.2, -0.15) is 0 Å². The van der Waals surface area contributed by atoms with E-state index in [1.165, 1.54) is 154 Å². The van der Waals surface area contributed by atoms with E-state index in [2.05, 4.69) is 52.0 Å². The highest BCUT2D eigenvalue weighted by atomic mass is 16.5. The van der Waals surface area contributed by atoms with Crippen molar-refractivity contribution >= 4 is 0 Å². The van der Waals surface area contributed by atoms with Crippen molar-refractivity contribution in [3.8, 4) is 46.0 Å². The molecule has 0 radical (unpaired) electrons. The molecule has 1 aliphatic carbocycles. The zero-order chi connectivity index (χ0) is 60.3. The first-order valence-electron chi connectivity index (χ1n) is 34.7. The summed E-state index contributed by atoms with van der Waals surface area (Å²) in [6.45, 7) is 9.08. The van der Waals surface area contributed by atoms with Crippen LogP contribution in [0.5, 0.6) is 46.0 Å². The van der Waals surface area contributed by atoms with Gasteiger partial charge in [-0.15, -0.1) is 0 Å². The summed E-state index contributed by atoms with van der Waals surface area (Å²) in [5.41, 5.74) is 6.86. The van der Waals surface area contributed by atoms with Crippen molar-refractivity contribution in [1.29, 1.82) is 0 Å². The van der Waals surface area contributed by atoms with Crippen molar-refractivity contribution in [3.63, 3.8) is 0 Å². The number of hydrogen-bond acceptors (Lipinski definition) is 8. The third-order valence-electron chi connectivity index (χ3n) is 18.9. The lowest BCUT2D eigenvalue weighted by Gasteiger charge is -2.30. The Morgan fingerprint density at radius 3 is 0.631 bits per heavy atom. The zero-order valence-electron chi connectivity index (χ0n) is 54.6. The van der Waals surface area contributed by atoms with Crippen molar-refractivity contribution < 1.29 is 39.4 Å². The molecular weight excluding hydrogens is 1040 g/mol. The molecule has 0 unspecified atom stereocenters. The molecule has 4 N–H and O–H groups in total. The van der Waals surface area contributed by atoms with Gasteiger partial charge in [0.15, 0.2) is 0 Å². The summed E-state index contributed by atoms with van der Waals surface area (Å²) in [5.74, 6) is 1.76. The number of ether oxygens (including phenoxy) is 4. The smallest absolute Gasteiger partial charge is 0.126 e. The molecule has 0 saturated carbocycles. The molecular formula is C76H120O8. The molecule has 1 aliphatic rings. The Morgan fingerprint density at radius 1 is 0.226 bits per heavy atom. The van der Waals surface area contributed by atoms with E-state index in [1.54, 1.807) is 40.6 Å². The van der Waals surface area contributed by atoms with Crippen LogP contribution in [0.25, 0.3) is 0 Å². The predicted octanol–water partition coefficient (Wildman–Crippen LogP) is 23.1. The van der Waals surface area contributed by atoms with Gasteiger partial charge in [0.2, 0.25) is 0 Å². The van der Waals surface area contributed by atoms with Gasteiger partial charge < -0.3 is 39.4 Å². The van der Waals surface area contributed by atoms with E-state index in [0.29, 0.717) is 23.0 Å². The molecule has 4 aromatic carbocycles. The first kappa shape index (κ1) is 70.0. The lowest BCUT2D eigenvalue weighted by molar-refractivity contribution is 0.380. The molecule has 84 heavy (non-hydrogen) atoms. The fraction of sp³-hybridized carbons (Fsp3) is 0.684. The first-order valence-corrected chi connectivity index (χ1v) is 34.7. The summed E-state index contributed by atoms with van der Waals surface area (Å²) < 4.78 is 25.5. The highest BCUT2D eigenvalue weighted by molar-refractivity contribution is 5.62. The Kier molecular flexibility index (Phi) is 33.9. The SMILES string of the molecule is CCCCCCCCCCC[C@@H]1c2cc(c(O)cc2O)[C@H](CCCCCCCCCCC)c2cc(c(O)cc2OC)[C@H](CCCCCCCCCCC)c2cc(c(O)cc2OC)[C@H](CCCCCCCCCCC)c2cc1c(OC)cc2OC. The molecule has 0 fully saturated rings. The molecule has 0 amide bonds. The molecule has 0 saturated heterocycles. The number of unbranched alkanes of at least 4 members (excludes halogenated alkanes) is 32. The minimum Gasteiger partial charge on any atom is -0.508 e. The van der Waals surface area contributed by atoms with Crippen LogP contribution in [0.2, 0.25) is 0 Å². The molecule has 4 atom stereocenters. The Labute approximate surface area is 512 Å². The molecule has 0 heterocycles. The topological polar surface area (TPSA) is 118 Å². The van der Waals surface area contributed by atoms with Crippen LogP contribution < -0.4 is 18.9 Å². The highest BCUT2D eigenvalue weighted by Crippen LogP contribution is 2.53. The van der Waals surface area contributed by atoms with Gasteiger partial charge >= 0.3 is 0 Å². The highest BCUT2D eigenvalue weighted by Gasteiger charge is 2.34. The second-order valence-electron chi connectivity index (χ2n) is 25.3. The fourth-order valence-corrected chi connectivity index (χ4v) is 13.9. The summed E-state index contributed by atoms with van der Waals surface area (Å²) in [7, 11) is 6.83. The standard InChI is InChI=1S/C76H120O8/c1-9-13-17-21-25-29-33-37-41-45-57-61-49-62(70(78)53-69(61)77)58(46-42-38-34-30-26-22-18-14-10-2)67-52-68(76(84-8)56-75(67)83-7)60(48-44-40-36-32-28-24-20-16-12-4)64-51-66(74(82-6)55-72(64)80)59(47-43-39-35-31-27-23-19-15-11-3)63-50-65(57)73(81-5)54-71(63)79/h49-60,77-80H,9-48H2,1-8H3/t57-,58+,59-,60-/m0/s1. The number of aromatic hydroxyl groups is 4.